The van der Waals surface area contributed by atoms with Crippen LogP contribution in [0.2, 0.25) is 0 Å². The maximum Gasteiger partial charge on any atom is 0.146 e. The zero-order valence-electron chi connectivity index (χ0n) is 12.6. The molecule has 2 N–H and O–H groups in total. The lowest BCUT2D eigenvalue weighted by Gasteiger charge is -2.31. The summed E-state index contributed by atoms with van der Waals surface area (Å²) in [5.41, 5.74) is 7.32. The van der Waals surface area contributed by atoms with Gasteiger partial charge in [0, 0.05) is 13.5 Å². The summed E-state index contributed by atoms with van der Waals surface area (Å²) in [5.74, 6) is 0.0549. The Morgan fingerprint density at radius 3 is 2.78 bits per heavy atom. The lowest BCUT2D eigenvalue weighted by atomic mass is 9.85. The Balaban J connectivity index is 2.04. The average Bonchev–Trinajstić information content (AvgIpc) is 2.97. The first-order valence-electron chi connectivity index (χ1n) is 7.08. The molecule has 1 aromatic heterocycles. The molecule has 5 nitrogen and oxygen atoms in total. The molecule has 0 aliphatic heterocycles. The van der Waals surface area contributed by atoms with Gasteiger partial charge in [-0.3, -0.25) is 4.79 Å². The molecule has 0 radical (unpaired) electrons. The summed E-state index contributed by atoms with van der Waals surface area (Å²) in [6, 6.07) is 5.87. The third-order valence-electron chi connectivity index (χ3n) is 3.99. The van der Waals surface area contributed by atoms with Crippen LogP contribution in [0.3, 0.4) is 0 Å². The maximum atomic E-state index is 13.1. The number of nitrogens with two attached hydrogens (primary N) is 1. The van der Waals surface area contributed by atoms with E-state index in [0.29, 0.717) is 29.1 Å². The van der Waals surface area contributed by atoms with Gasteiger partial charge >= 0.3 is 0 Å². The lowest BCUT2D eigenvalue weighted by Crippen LogP contribution is -2.29. The minimum atomic E-state index is -0.840. The van der Waals surface area contributed by atoms with E-state index >= 15 is 0 Å². The first-order chi connectivity index (χ1) is 11.1. The van der Waals surface area contributed by atoms with E-state index in [9.17, 15) is 9.18 Å². The maximum absolute atomic E-state index is 13.1. The van der Waals surface area contributed by atoms with Gasteiger partial charge in [-0.1, -0.05) is 12.2 Å². The second kappa shape index (κ2) is 5.81. The number of nitrogen functional groups attached to an aromatic ring is 1. The van der Waals surface area contributed by atoms with Crippen LogP contribution in [0.1, 0.15) is 12.0 Å². The van der Waals surface area contributed by atoms with Gasteiger partial charge in [-0.15, -0.1) is 0 Å². The van der Waals surface area contributed by atoms with Crippen LogP contribution in [-0.4, -0.2) is 23.2 Å². The van der Waals surface area contributed by atoms with Crippen molar-refractivity contribution < 1.29 is 13.9 Å². The van der Waals surface area contributed by atoms with Crippen LogP contribution in [0.4, 0.5) is 10.2 Å². The van der Waals surface area contributed by atoms with E-state index in [2.05, 4.69) is 5.10 Å². The van der Waals surface area contributed by atoms with Gasteiger partial charge in [-0.2, -0.15) is 5.10 Å². The third-order valence-corrected chi connectivity index (χ3v) is 3.99. The van der Waals surface area contributed by atoms with Gasteiger partial charge in [0.1, 0.15) is 23.5 Å². The molecule has 1 atom stereocenters. The van der Waals surface area contributed by atoms with Crippen LogP contribution in [-0.2, 0) is 15.1 Å². The Labute approximate surface area is 132 Å². The molecule has 0 saturated heterocycles. The highest BCUT2D eigenvalue weighted by Gasteiger charge is 2.36. The summed E-state index contributed by atoms with van der Waals surface area (Å²) >= 11 is 0. The van der Waals surface area contributed by atoms with Crippen molar-refractivity contribution in [1.82, 2.24) is 9.78 Å². The van der Waals surface area contributed by atoms with Gasteiger partial charge < -0.3 is 10.5 Å². The first-order valence-corrected chi connectivity index (χ1v) is 7.08. The number of carbonyl (C=O) groups excluding carboxylic acids is 1. The van der Waals surface area contributed by atoms with Crippen molar-refractivity contribution in [2.24, 2.45) is 0 Å². The van der Waals surface area contributed by atoms with Crippen molar-refractivity contribution in [2.75, 3.05) is 12.8 Å². The van der Waals surface area contributed by atoms with Crippen LogP contribution in [0, 0.1) is 5.82 Å². The first kappa shape index (κ1) is 15.2. The van der Waals surface area contributed by atoms with Crippen molar-refractivity contribution in [3.8, 4) is 5.69 Å². The Kier molecular flexibility index (Phi) is 3.83. The van der Waals surface area contributed by atoms with Crippen molar-refractivity contribution in [3.05, 3.63) is 65.6 Å². The Hall–Kier alpha value is -2.73. The number of methoxy groups -OCH3 is 1. The van der Waals surface area contributed by atoms with E-state index < -0.39 is 5.60 Å². The summed E-state index contributed by atoms with van der Waals surface area (Å²) in [6.07, 6.45) is 8.15. The Bertz CT molecular complexity index is 793. The van der Waals surface area contributed by atoms with Crippen LogP contribution in [0.15, 0.2) is 54.3 Å². The zero-order valence-corrected chi connectivity index (χ0v) is 12.6. The minimum absolute atomic E-state index is 0.330. The molecule has 2 aromatic rings. The average molecular weight is 313 g/mol. The molecule has 1 heterocycles. The van der Waals surface area contributed by atoms with E-state index in [0.717, 1.165) is 6.29 Å². The standard InChI is InChI=1S/C17H16FN3O2/c1-23-17(8-2-3-12(9-17)11-22)15-10-20-21(16(15)19)14-6-4-13(18)5-7-14/h2-8,10-11H,9,19H2,1H3. The summed E-state index contributed by atoms with van der Waals surface area (Å²) in [6.45, 7) is 0. The molecule has 3 rings (SSSR count). The molecule has 23 heavy (non-hydrogen) atoms. The van der Waals surface area contributed by atoms with Gasteiger partial charge in [-0.05, 0) is 35.9 Å². The summed E-state index contributed by atoms with van der Waals surface area (Å²) < 4.78 is 20.2. The predicted octanol–water partition coefficient (Wildman–Crippen LogP) is 2.52. The fraction of sp³-hybridized carbons (Fsp3) is 0.176. The molecule has 0 saturated carbocycles. The molecule has 1 aliphatic carbocycles. The third kappa shape index (κ3) is 2.57. The van der Waals surface area contributed by atoms with E-state index in [1.54, 1.807) is 37.6 Å². The van der Waals surface area contributed by atoms with Gasteiger partial charge in [-0.25, -0.2) is 9.07 Å². The molecular formula is C17H16FN3O2. The zero-order chi connectivity index (χ0) is 16.4. The molecule has 0 bridgehead atoms. The Morgan fingerprint density at radius 2 is 2.13 bits per heavy atom. The number of benzene rings is 1. The van der Waals surface area contributed by atoms with E-state index in [1.165, 1.54) is 16.8 Å². The highest BCUT2D eigenvalue weighted by atomic mass is 19.1. The van der Waals surface area contributed by atoms with Crippen LogP contribution >= 0.6 is 0 Å². The van der Waals surface area contributed by atoms with E-state index in [4.69, 9.17) is 10.5 Å². The highest BCUT2D eigenvalue weighted by molar-refractivity contribution is 5.75. The molecule has 6 heteroatoms. The van der Waals surface area contributed by atoms with Gasteiger partial charge in [0.15, 0.2) is 0 Å². The number of hydrogen-bond acceptors (Lipinski definition) is 4. The van der Waals surface area contributed by atoms with Crippen molar-refractivity contribution in [3.63, 3.8) is 0 Å². The Morgan fingerprint density at radius 1 is 1.39 bits per heavy atom. The molecule has 0 spiro atoms. The molecule has 118 valence electrons. The van der Waals surface area contributed by atoms with Crippen LogP contribution < -0.4 is 5.73 Å². The van der Waals surface area contributed by atoms with Crippen molar-refractivity contribution >= 4 is 12.1 Å². The van der Waals surface area contributed by atoms with Gasteiger partial charge in [0.05, 0.1) is 17.4 Å². The number of nitrogens with zero attached hydrogens (tertiary/aromatic N) is 2. The fourth-order valence-electron chi connectivity index (χ4n) is 2.74. The number of anilines is 1. The fourth-order valence-corrected chi connectivity index (χ4v) is 2.74. The van der Waals surface area contributed by atoms with E-state index in [-0.39, 0.29) is 5.82 Å². The second-order valence-corrected chi connectivity index (χ2v) is 5.32. The van der Waals surface area contributed by atoms with E-state index in [1.807, 2.05) is 6.08 Å². The number of ether oxygens (including phenoxy) is 1. The molecular weight excluding hydrogens is 297 g/mol. The molecule has 1 aromatic carbocycles. The van der Waals surface area contributed by atoms with Crippen molar-refractivity contribution in [1.29, 1.82) is 0 Å². The SMILES string of the molecule is COC1(c2cnn(-c3ccc(F)cc3)c2N)C=CC=C(C=O)C1. The topological polar surface area (TPSA) is 70.1 Å². The number of allylic oxidation sites excluding steroid dienone is 2. The number of hydrogen-bond donors (Lipinski definition) is 1. The molecule has 1 aliphatic rings. The minimum Gasteiger partial charge on any atom is -0.383 e. The second-order valence-electron chi connectivity index (χ2n) is 5.32. The number of rotatable bonds is 4. The van der Waals surface area contributed by atoms with Crippen molar-refractivity contribution in [2.45, 2.75) is 12.0 Å². The molecule has 0 fully saturated rings. The number of carbonyl (C=O) groups is 1. The lowest BCUT2D eigenvalue weighted by molar-refractivity contribution is -0.105. The summed E-state index contributed by atoms with van der Waals surface area (Å²) in [5, 5.41) is 4.28. The molecule has 0 amide bonds. The molecule has 1 unspecified atom stereocenters. The van der Waals surface area contributed by atoms with Crippen LogP contribution in [0.5, 0.6) is 0 Å². The smallest absolute Gasteiger partial charge is 0.146 e. The normalized spacial score (nSPS) is 20.3. The van der Waals surface area contributed by atoms with Crippen LogP contribution in [0.25, 0.3) is 5.69 Å². The highest BCUT2D eigenvalue weighted by Crippen LogP contribution is 2.39. The van der Waals surface area contributed by atoms with Gasteiger partial charge in [0.2, 0.25) is 0 Å². The van der Waals surface area contributed by atoms with Gasteiger partial charge in [0.25, 0.3) is 0 Å². The monoisotopic (exact) mass is 313 g/mol. The summed E-state index contributed by atoms with van der Waals surface area (Å²) in [4.78, 5) is 11.1. The quantitative estimate of drug-likeness (QED) is 0.881. The number of aldehydes is 1. The largest absolute Gasteiger partial charge is 0.383 e. The number of halogens is 1. The predicted molar refractivity (Wildman–Crippen MR) is 84.5 cm³/mol. The number of aromatic nitrogens is 2. The summed E-state index contributed by atoms with van der Waals surface area (Å²) in [7, 11) is 1.56.